The van der Waals surface area contributed by atoms with Crippen molar-refractivity contribution in [2.45, 2.75) is 37.0 Å². The number of aromatic amines is 1. The highest BCUT2D eigenvalue weighted by Gasteiger charge is 2.28. The van der Waals surface area contributed by atoms with Crippen LogP contribution in [0, 0.1) is 4.77 Å². The molecule has 1 aromatic heterocycles. The van der Waals surface area contributed by atoms with Gasteiger partial charge in [0.25, 0.3) is 0 Å². The van der Waals surface area contributed by atoms with Crippen molar-refractivity contribution in [3.63, 3.8) is 0 Å². The normalized spacial score (nSPS) is 19.8. The smallest absolute Gasteiger partial charge is 0.237 e. The van der Waals surface area contributed by atoms with E-state index >= 15 is 0 Å². The standard InChI is InChI=1S/C17H20N4OS2/c22-16(15-13-4-2-1-3-11(13)8-10-24-15)18-9-7-14-19-20-17(23)21(14)12-5-6-12/h1-4,12,15H,5-10H2,(H,18,22)(H,20,23). The van der Waals surface area contributed by atoms with Crippen LogP contribution in [0.5, 0.6) is 0 Å². The van der Waals surface area contributed by atoms with E-state index in [1.54, 1.807) is 11.8 Å². The molecule has 1 fully saturated rings. The molecule has 1 aliphatic heterocycles. The molecule has 7 heteroatoms. The predicted octanol–water partition coefficient (Wildman–Crippen LogP) is 2.96. The number of hydrogen-bond donors (Lipinski definition) is 2. The third-order valence-corrected chi connectivity index (χ3v) is 6.10. The summed E-state index contributed by atoms with van der Waals surface area (Å²) in [7, 11) is 0. The first-order valence-corrected chi connectivity index (χ1v) is 9.82. The minimum absolute atomic E-state index is 0.0965. The zero-order valence-corrected chi connectivity index (χ0v) is 15.0. The molecule has 0 saturated heterocycles. The van der Waals surface area contributed by atoms with Crippen LogP contribution in [0.3, 0.4) is 0 Å². The van der Waals surface area contributed by atoms with Crippen LogP contribution in [0.1, 0.15) is 41.1 Å². The van der Waals surface area contributed by atoms with Crippen molar-refractivity contribution >= 4 is 29.9 Å². The maximum Gasteiger partial charge on any atom is 0.237 e. The van der Waals surface area contributed by atoms with E-state index in [0.29, 0.717) is 23.8 Å². The van der Waals surface area contributed by atoms with Gasteiger partial charge in [-0.3, -0.25) is 9.89 Å². The van der Waals surface area contributed by atoms with Gasteiger partial charge in [0.15, 0.2) is 4.77 Å². The van der Waals surface area contributed by atoms with E-state index < -0.39 is 0 Å². The van der Waals surface area contributed by atoms with Crippen LogP contribution in [0.15, 0.2) is 24.3 Å². The Bertz CT molecular complexity index is 809. The Hall–Kier alpha value is -1.60. The molecular weight excluding hydrogens is 340 g/mol. The number of nitrogens with zero attached hydrogens (tertiary/aromatic N) is 2. The maximum atomic E-state index is 12.6. The maximum absolute atomic E-state index is 12.6. The number of carbonyl (C=O) groups excluding carboxylic acids is 1. The second-order valence-electron chi connectivity index (χ2n) is 6.29. The van der Waals surface area contributed by atoms with E-state index in [1.807, 2.05) is 12.1 Å². The fourth-order valence-corrected chi connectivity index (χ4v) is 4.74. The molecule has 24 heavy (non-hydrogen) atoms. The molecule has 0 radical (unpaired) electrons. The van der Waals surface area contributed by atoms with Gasteiger partial charge in [-0.1, -0.05) is 24.3 Å². The van der Waals surface area contributed by atoms with Crippen LogP contribution in [-0.2, 0) is 17.6 Å². The molecule has 0 bridgehead atoms. The lowest BCUT2D eigenvalue weighted by molar-refractivity contribution is -0.120. The number of nitrogens with one attached hydrogen (secondary N) is 2. The van der Waals surface area contributed by atoms with Crippen molar-refractivity contribution in [2.24, 2.45) is 0 Å². The molecule has 1 saturated carbocycles. The van der Waals surface area contributed by atoms with Crippen molar-refractivity contribution in [3.8, 4) is 0 Å². The Labute approximate surface area is 150 Å². The molecule has 1 amide bonds. The molecule has 1 atom stereocenters. The Morgan fingerprint density at radius 1 is 1.42 bits per heavy atom. The summed E-state index contributed by atoms with van der Waals surface area (Å²) >= 11 is 7.02. The van der Waals surface area contributed by atoms with Gasteiger partial charge in [0.2, 0.25) is 5.91 Å². The Morgan fingerprint density at radius 3 is 3.08 bits per heavy atom. The first kappa shape index (κ1) is 15.9. The minimum atomic E-state index is -0.0980. The summed E-state index contributed by atoms with van der Waals surface area (Å²) in [5, 5.41) is 10.2. The number of amides is 1. The molecule has 5 nitrogen and oxygen atoms in total. The van der Waals surface area contributed by atoms with Gasteiger partial charge in [0.05, 0.1) is 0 Å². The number of fused-ring (bicyclic) bond motifs is 1. The van der Waals surface area contributed by atoms with Crippen molar-refractivity contribution in [3.05, 3.63) is 46.0 Å². The fourth-order valence-electron chi connectivity index (χ4n) is 3.22. The lowest BCUT2D eigenvalue weighted by Gasteiger charge is -2.24. The molecule has 1 aliphatic carbocycles. The number of aromatic nitrogens is 3. The molecule has 2 heterocycles. The number of hydrogen-bond acceptors (Lipinski definition) is 4. The zero-order valence-electron chi connectivity index (χ0n) is 13.3. The topological polar surface area (TPSA) is 62.7 Å². The first-order chi connectivity index (χ1) is 11.7. The number of carbonyl (C=O) groups is 1. The van der Waals surface area contributed by atoms with Gasteiger partial charge in [-0.05, 0) is 48.4 Å². The van der Waals surface area contributed by atoms with E-state index in [-0.39, 0.29) is 11.2 Å². The summed E-state index contributed by atoms with van der Waals surface area (Å²) < 4.78 is 2.79. The first-order valence-electron chi connectivity index (χ1n) is 8.37. The summed E-state index contributed by atoms with van der Waals surface area (Å²) in [5.74, 6) is 2.04. The molecular formula is C17H20N4OS2. The van der Waals surface area contributed by atoms with Crippen molar-refractivity contribution in [2.75, 3.05) is 12.3 Å². The van der Waals surface area contributed by atoms with Gasteiger partial charge < -0.3 is 9.88 Å². The van der Waals surface area contributed by atoms with Crippen LogP contribution >= 0.6 is 24.0 Å². The Kier molecular flexibility index (Phi) is 4.45. The summed E-state index contributed by atoms with van der Waals surface area (Å²) in [4.78, 5) is 12.6. The molecule has 2 aliphatic rings. The summed E-state index contributed by atoms with van der Waals surface area (Å²) in [5.41, 5.74) is 2.46. The van der Waals surface area contributed by atoms with Gasteiger partial charge in [-0.15, -0.1) is 11.8 Å². The van der Waals surface area contributed by atoms with Crippen LogP contribution in [-0.4, -0.2) is 33.0 Å². The third kappa shape index (κ3) is 3.15. The van der Waals surface area contributed by atoms with E-state index in [9.17, 15) is 4.79 Å². The lowest BCUT2D eigenvalue weighted by Crippen LogP contribution is -2.32. The van der Waals surface area contributed by atoms with Crippen LogP contribution in [0.2, 0.25) is 0 Å². The average Bonchev–Trinajstić information content (AvgIpc) is 3.37. The number of rotatable bonds is 5. The van der Waals surface area contributed by atoms with E-state index in [1.165, 1.54) is 18.4 Å². The molecule has 4 rings (SSSR count). The van der Waals surface area contributed by atoms with E-state index in [4.69, 9.17) is 12.2 Å². The molecule has 0 spiro atoms. The fraction of sp³-hybridized carbons (Fsp3) is 0.471. The zero-order chi connectivity index (χ0) is 16.5. The minimum Gasteiger partial charge on any atom is -0.354 e. The predicted molar refractivity (Wildman–Crippen MR) is 97.7 cm³/mol. The molecule has 2 N–H and O–H groups in total. The SMILES string of the molecule is O=C(NCCc1n[nH]c(=S)n1C1CC1)C1SCCc2ccccc21. The quantitative estimate of drug-likeness (QED) is 0.805. The van der Waals surface area contributed by atoms with Gasteiger partial charge in [0.1, 0.15) is 11.1 Å². The second kappa shape index (κ2) is 6.72. The van der Waals surface area contributed by atoms with Crippen LogP contribution in [0.4, 0.5) is 0 Å². The summed E-state index contributed by atoms with van der Waals surface area (Å²) in [6.07, 6.45) is 4.08. The average molecular weight is 361 g/mol. The van der Waals surface area contributed by atoms with Crippen LogP contribution in [0.25, 0.3) is 0 Å². The number of thioether (sulfide) groups is 1. The molecule has 1 aromatic carbocycles. The van der Waals surface area contributed by atoms with E-state index in [2.05, 4.69) is 32.2 Å². The monoisotopic (exact) mass is 360 g/mol. The van der Waals surface area contributed by atoms with Crippen molar-refractivity contribution in [1.29, 1.82) is 0 Å². The van der Waals surface area contributed by atoms with Gasteiger partial charge in [0, 0.05) is 19.0 Å². The molecule has 1 unspecified atom stereocenters. The number of benzene rings is 1. The second-order valence-corrected chi connectivity index (χ2v) is 7.89. The largest absolute Gasteiger partial charge is 0.354 e. The molecule has 126 valence electrons. The highest BCUT2D eigenvalue weighted by atomic mass is 32.2. The number of H-pyrrole nitrogens is 1. The Morgan fingerprint density at radius 2 is 2.25 bits per heavy atom. The number of aryl methyl sites for hydroxylation is 1. The molecule has 2 aromatic rings. The Balaban J connectivity index is 1.39. The van der Waals surface area contributed by atoms with Crippen molar-refractivity contribution in [1.82, 2.24) is 20.1 Å². The van der Waals surface area contributed by atoms with Crippen LogP contribution < -0.4 is 5.32 Å². The summed E-state index contributed by atoms with van der Waals surface area (Å²) in [6, 6.07) is 8.76. The van der Waals surface area contributed by atoms with Gasteiger partial charge in [-0.2, -0.15) is 5.10 Å². The highest BCUT2D eigenvalue weighted by molar-refractivity contribution is 8.00. The third-order valence-electron chi connectivity index (χ3n) is 4.57. The van der Waals surface area contributed by atoms with Gasteiger partial charge >= 0.3 is 0 Å². The highest BCUT2D eigenvalue weighted by Crippen LogP contribution is 2.37. The van der Waals surface area contributed by atoms with Gasteiger partial charge in [-0.25, -0.2) is 0 Å². The van der Waals surface area contributed by atoms with Crippen molar-refractivity contribution < 1.29 is 4.79 Å². The summed E-state index contributed by atoms with van der Waals surface area (Å²) in [6.45, 7) is 0.588. The van der Waals surface area contributed by atoms with E-state index in [0.717, 1.165) is 23.6 Å². The lowest BCUT2D eigenvalue weighted by atomic mass is 10.0.